The lowest BCUT2D eigenvalue weighted by Crippen LogP contribution is -1.76. The summed E-state index contributed by atoms with van der Waals surface area (Å²) in [4.78, 5) is 3.94. The molecular formula is C8H9NO. The van der Waals surface area contributed by atoms with Crippen LogP contribution in [-0.2, 0) is 6.42 Å². The van der Waals surface area contributed by atoms with E-state index in [2.05, 4.69) is 11.6 Å². The van der Waals surface area contributed by atoms with E-state index in [1.54, 1.807) is 18.5 Å². The van der Waals surface area contributed by atoms with Crippen LogP contribution in [0.5, 0.6) is 0 Å². The lowest BCUT2D eigenvalue weighted by Gasteiger charge is -1.82. The van der Waals surface area contributed by atoms with Crippen LogP contribution in [0.15, 0.2) is 41.7 Å². The van der Waals surface area contributed by atoms with Crippen LogP contribution >= 0.6 is 0 Å². The molecule has 0 atom stereocenters. The van der Waals surface area contributed by atoms with Crippen molar-refractivity contribution in [2.24, 2.45) is 0 Å². The van der Waals surface area contributed by atoms with Gasteiger partial charge in [-0.1, -0.05) is 24.8 Å². The van der Waals surface area contributed by atoms with Crippen molar-refractivity contribution in [1.29, 1.82) is 0 Å². The minimum Gasteiger partial charge on any atom is -0.449 e. The van der Waals surface area contributed by atoms with Crippen molar-refractivity contribution >= 4 is 0 Å². The molecule has 10 heavy (non-hydrogen) atoms. The van der Waals surface area contributed by atoms with E-state index >= 15 is 0 Å². The molecule has 0 saturated carbocycles. The van der Waals surface area contributed by atoms with Crippen molar-refractivity contribution in [2.75, 3.05) is 0 Å². The van der Waals surface area contributed by atoms with Crippen LogP contribution in [0.1, 0.15) is 5.89 Å². The maximum Gasteiger partial charge on any atom is 0.197 e. The molecule has 1 aromatic heterocycles. The zero-order valence-corrected chi connectivity index (χ0v) is 5.66. The Balaban J connectivity index is 2.41. The lowest BCUT2D eigenvalue weighted by molar-refractivity contribution is 0.509. The Labute approximate surface area is 59.9 Å². The Bertz CT molecular complexity index is 211. The standard InChI is InChI=1S/C8H9NO/c1-2-3-4-5-8-9-6-7-10-8/h2-4,6-7H,1,5H2/b4-3+. The van der Waals surface area contributed by atoms with Gasteiger partial charge in [-0.2, -0.15) is 0 Å². The number of hydrogen-bond donors (Lipinski definition) is 0. The third-order valence-corrected chi connectivity index (χ3v) is 1.05. The average Bonchev–Trinajstić information content (AvgIpc) is 2.41. The lowest BCUT2D eigenvalue weighted by atomic mass is 10.4. The minimum atomic E-state index is 0.734. The molecule has 0 radical (unpaired) electrons. The fourth-order valence-corrected chi connectivity index (χ4v) is 0.619. The van der Waals surface area contributed by atoms with Crippen LogP contribution in [0.25, 0.3) is 0 Å². The number of hydrogen-bond acceptors (Lipinski definition) is 2. The highest BCUT2D eigenvalue weighted by molar-refractivity contribution is 5.01. The van der Waals surface area contributed by atoms with Gasteiger partial charge in [0, 0.05) is 6.42 Å². The van der Waals surface area contributed by atoms with Gasteiger partial charge >= 0.3 is 0 Å². The summed E-state index contributed by atoms with van der Waals surface area (Å²) < 4.78 is 4.98. The van der Waals surface area contributed by atoms with Gasteiger partial charge in [-0.25, -0.2) is 4.98 Å². The number of allylic oxidation sites excluding steroid dienone is 3. The van der Waals surface area contributed by atoms with Crippen LogP contribution in [0, 0.1) is 0 Å². The highest BCUT2D eigenvalue weighted by atomic mass is 16.3. The van der Waals surface area contributed by atoms with E-state index in [9.17, 15) is 0 Å². The number of nitrogens with zero attached hydrogens (tertiary/aromatic N) is 1. The third kappa shape index (κ3) is 1.90. The molecule has 2 nitrogen and oxygen atoms in total. The van der Waals surface area contributed by atoms with E-state index in [-0.39, 0.29) is 0 Å². The van der Waals surface area contributed by atoms with Gasteiger partial charge in [0.15, 0.2) is 5.89 Å². The topological polar surface area (TPSA) is 26.0 Å². The van der Waals surface area contributed by atoms with Crippen molar-refractivity contribution < 1.29 is 4.42 Å². The number of oxazole rings is 1. The van der Waals surface area contributed by atoms with E-state index < -0.39 is 0 Å². The molecule has 1 heterocycles. The summed E-state index contributed by atoms with van der Waals surface area (Å²) >= 11 is 0. The summed E-state index contributed by atoms with van der Waals surface area (Å²) in [6.45, 7) is 3.54. The Hall–Kier alpha value is -1.31. The first-order chi connectivity index (χ1) is 4.93. The average molecular weight is 135 g/mol. The maximum atomic E-state index is 4.98. The van der Waals surface area contributed by atoms with Crippen LogP contribution in [0.2, 0.25) is 0 Å². The molecule has 1 rings (SSSR count). The molecule has 0 spiro atoms. The summed E-state index contributed by atoms with van der Waals surface area (Å²) in [6.07, 6.45) is 9.47. The van der Waals surface area contributed by atoms with Gasteiger partial charge in [0.1, 0.15) is 6.26 Å². The monoisotopic (exact) mass is 135 g/mol. The van der Waals surface area contributed by atoms with Crippen LogP contribution in [-0.4, -0.2) is 4.98 Å². The maximum absolute atomic E-state index is 4.98. The smallest absolute Gasteiger partial charge is 0.197 e. The Morgan fingerprint density at radius 1 is 1.70 bits per heavy atom. The molecule has 1 aromatic rings. The SMILES string of the molecule is C=C/C=C/Cc1ncco1. The first-order valence-corrected chi connectivity index (χ1v) is 3.09. The van der Waals surface area contributed by atoms with Gasteiger partial charge in [-0.05, 0) is 0 Å². The molecule has 0 aliphatic heterocycles. The highest BCUT2D eigenvalue weighted by Gasteiger charge is 1.89. The quantitative estimate of drug-likeness (QED) is 0.592. The molecule has 0 saturated heterocycles. The van der Waals surface area contributed by atoms with Crippen LogP contribution < -0.4 is 0 Å². The van der Waals surface area contributed by atoms with Crippen molar-refractivity contribution in [3.05, 3.63) is 43.2 Å². The largest absolute Gasteiger partial charge is 0.449 e. The van der Waals surface area contributed by atoms with Gasteiger partial charge < -0.3 is 4.42 Å². The molecule has 0 amide bonds. The Morgan fingerprint density at radius 2 is 2.60 bits per heavy atom. The molecular weight excluding hydrogens is 126 g/mol. The molecule has 0 aliphatic rings. The minimum absolute atomic E-state index is 0.734. The summed E-state index contributed by atoms with van der Waals surface area (Å²) in [5.41, 5.74) is 0. The summed E-state index contributed by atoms with van der Waals surface area (Å²) in [5.74, 6) is 0.734. The van der Waals surface area contributed by atoms with E-state index in [0.29, 0.717) is 0 Å². The van der Waals surface area contributed by atoms with Gasteiger partial charge in [-0.3, -0.25) is 0 Å². The summed E-state index contributed by atoms with van der Waals surface area (Å²) in [6, 6.07) is 0. The first-order valence-electron chi connectivity index (χ1n) is 3.09. The second-order valence-corrected chi connectivity index (χ2v) is 1.79. The van der Waals surface area contributed by atoms with E-state index in [4.69, 9.17) is 4.42 Å². The van der Waals surface area contributed by atoms with Crippen molar-refractivity contribution in [3.63, 3.8) is 0 Å². The molecule has 0 fully saturated rings. The normalized spacial score (nSPS) is 10.4. The number of rotatable bonds is 3. The van der Waals surface area contributed by atoms with Crippen molar-refractivity contribution in [1.82, 2.24) is 4.98 Å². The van der Waals surface area contributed by atoms with Crippen molar-refractivity contribution in [3.8, 4) is 0 Å². The van der Waals surface area contributed by atoms with Gasteiger partial charge in [0.25, 0.3) is 0 Å². The molecule has 0 aliphatic carbocycles. The Morgan fingerprint density at radius 3 is 3.20 bits per heavy atom. The van der Waals surface area contributed by atoms with E-state index in [1.165, 1.54) is 0 Å². The molecule has 52 valence electrons. The molecule has 0 bridgehead atoms. The molecule has 0 unspecified atom stereocenters. The fraction of sp³-hybridized carbons (Fsp3) is 0.125. The second kappa shape index (κ2) is 3.67. The van der Waals surface area contributed by atoms with Crippen molar-refractivity contribution in [2.45, 2.75) is 6.42 Å². The molecule has 0 N–H and O–H groups in total. The summed E-state index contributed by atoms with van der Waals surface area (Å²) in [5, 5.41) is 0. The Kier molecular flexibility index (Phi) is 2.49. The third-order valence-electron chi connectivity index (χ3n) is 1.05. The zero-order chi connectivity index (χ0) is 7.23. The van der Waals surface area contributed by atoms with E-state index in [1.807, 2.05) is 12.2 Å². The predicted molar refractivity (Wildman–Crippen MR) is 39.5 cm³/mol. The van der Waals surface area contributed by atoms with E-state index in [0.717, 1.165) is 12.3 Å². The molecule has 0 aromatic carbocycles. The fourth-order valence-electron chi connectivity index (χ4n) is 0.619. The van der Waals surface area contributed by atoms with Crippen LogP contribution in [0.4, 0.5) is 0 Å². The molecule has 2 heteroatoms. The predicted octanol–water partition coefficient (Wildman–Crippen LogP) is 1.96. The van der Waals surface area contributed by atoms with Gasteiger partial charge in [0.05, 0.1) is 6.20 Å². The number of aromatic nitrogens is 1. The zero-order valence-electron chi connectivity index (χ0n) is 5.66. The first kappa shape index (κ1) is 6.81. The highest BCUT2D eigenvalue weighted by Crippen LogP contribution is 1.95. The van der Waals surface area contributed by atoms with Gasteiger partial charge in [-0.15, -0.1) is 0 Å². The second-order valence-electron chi connectivity index (χ2n) is 1.79. The van der Waals surface area contributed by atoms with Gasteiger partial charge in [0.2, 0.25) is 0 Å². The van der Waals surface area contributed by atoms with Crippen LogP contribution in [0.3, 0.4) is 0 Å². The summed E-state index contributed by atoms with van der Waals surface area (Å²) in [7, 11) is 0.